The van der Waals surface area contributed by atoms with E-state index < -0.39 is 4.92 Å². The quantitative estimate of drug-likeness (QED) is 0.272. The summed E-state index contributed by atoms with van der Waals surface area (Å²) in [6.45, 7) is 2.04. The zero-order chi connectivity index (χ0) is 20.4. The van der Waals surface area contributed by atoms with E-state index >= 15 is 0 Å². The summed E-state index contributed by atoms with van der Waals surface area (Å²) in [6, 6.07) is 23.7. The summed E-state index contributed by atoms with van der Waals surface area (Å²) in [6.07, 6.45) is 2.54. The van der Waals surface area contributed by atoms with Crippen molar-refractivity contribution in [2.45, 2.75) is 19.4 Å². The second-order valence-electron chi connectivity index (χ2n) is 7.13. The first-order valence-electron chi connectivity index (χ1n) is 9.47. The number of non-ortho nitro benzene ring substituents is 1. The number of nitro benzene ring substituents is 1. The molecular weight excluding hydrogens is 364 g/mol. The molecule has 1 aliphatic rings. The van der Waals surface area contributed by atoms with Crippen LogP contribution in [0.1, 0.15) is 23.6 Å². The first-order chi connectivity index (χ1) is 14.0. The van der Waals surface area contributed by atoms with E-state index in [0.717, 1.165) is 23.2 Å². The van der Waals surface area contributed by atoms with E-state index in [1.165, 1.54) is 12.1 Å². The summed E-state index contributed by atoms with van der Waals surface area (Å²) < 4.78 is 0. The summed E-state index contributed by atoms with van der Waals surface area (Å²) in [7, 11) is 0. The molecule has 29 heavy (non-hydrogen) atoms. The van der Waals surface area contributed by atoms with E-state index in [1.54, 1.807) is 18.2 Å². The Morgan fingerprint density at radius 2 is 1.76 bits per heavy atom. The minimum atomic E-state index is -0.430. The van der Waals surface area contributed by atoms with Crippen molar-refractivity contribution >= 4 is 28.9 Å². The molecule has 3 aromatic carbocycles. The van der Waals surface area contributed by atoms with E-state index in [9.17, 15) is 14.9 Å². The van der Waals surface area contributed by atoms with Gasteiger partial charge in [-0.05, 0) is 42.2 Å². The molecular formula is C24H20N2O3. The number of rotatable bonds is 4. The van der Waals surface area contributed by atoms with Gasteiger partial charge in [-0.15, -0.1) is 0 Å². The molecule has 1 amide bonds. The highest BCUT2D eigenvalue weighted by atomic mass is 16.6. The highest BCUT2D eigenvalue weighted by molar-refractivity contribution is 6.30. The van der Waals surface area contributed by atoms with Gasteiger partial charge in [0.25, 0.3) is 11.6 Å². The van der Waals surface area contributed by atoms with Gasteiger partial charge in [0.15, 0.2) is 0 Å². The summed E-state index contributed by atoms with van der Waals surface area (Å²) in [5.74, 6) is -0.111. The van der Waals surface area contributed by atoms with Gasteiger partial charge in [0.05, 0.1) is 4.92 Å². The number of amides is 1. The maximum Gasteiger partial charge on any atom is 0.270 e. The van der Waals surface area contributed by atoms with Gasteiger partial charge in [-0.25, -0.2) is 0 Å². The molecule has 0 N–H and O–H groups in total. The van der Waals surface area contributed by atoms with Crippen molar-refractivity contribution in [2.75, 3.05) is 4.90 Å². The highest BCUT2D eigenvalue weighted by Gasteiger charge is 2.32. The number of carbonyl (C=O) groups excluding carboxylic acids is 1. The number of benzene rings is 3. The van der Waals surface area contributed by atoms with Crippen molar-refractivity contribution in [3.05, 3.63) is 106 Å². The fraction of sp³-hybridized carbons (Fsp3) is 0.125. The van der Waals surface area contributed by atoms with Crippen LogP contribution in [0.15, 0.2) is 78.9 Å². The molecule has 0 radical (unpaired) electrons. The molecule has 1 atom stereocenters. The van der Waals surface area contributed by atoms with Crippen LogP contribution in [0.5, 0.6) is 0 Å². The van der Waals surface area contributed by atoms with Crippen molar-refractivity contribution in [1.29, 1.82) is 0 Å². The van der Waals surface area contributed by atoms with Crippen LogP contribution in [0.4, 0.5) is 11.4 Å². The van der Waals surface area contributed by atoms with Crippen molar-refractivity contribution in [2.24, 2.45) is 0 Å². The maximum absolute atomic E-state index is 13.7. The number of hydrogen-bond acceptors (Lipinski definition) is 3. The standard InChI is InChI=1S/C24H20N2O3/c1-17-14-20-11-5-6-13-23(20)25(17)24(27)22(19-9-3-2-4-10-19)16-18-8-7-12-21(15-18)26(28)29/h2-13,15-17H,14H2,1H3/b22-16+/t17-/m1/s1. The minimum Gasteiger partial charge on any atom is -0.305 e. The van der Waals surface area contributed by atoms with Crippen LogP contribution in [0, 0.1) is 10.1 Å². The molecule has 0 aromatic heterocycles. The SMILES string of the molecule is C[C@@H]1Cc2ccccc2N1C(=O)/C(=C/c1cccc([N+](=O)[O-])c1)c1ccccc1. The molecule has 0 fully saturated rings. The van der Waals surface area contributed by atoms with Crippen LogP contribution in [0.3, 0.4) is 0 Å². The van der Waals surface area contributed by atoms with Crippen LogP contribution in [-0.4, -0.2) is 16.9 Å². The Morgan fingerprint density at radius 3 is 2.52 bits per heavy atom. The molecule has 0 saturated carbocycles. The van der Waals surface area contributed by atoms with Crippen molar-refractivity contribution in [3.8, 4) is 0 Å². The Hall–Kier alpha value is -3.73. The van der Waals surface area contributed by atoms with E-state index in [-0.39, 0.29) is 17.6 Å². The third-order valence-corrected chi connectivity index (χ3v) is 5.13. The Labute approximate surface area is 169 Å². The van der Waals surface area contributed by atoms with Gasteiger partial charge >= 0.3 is 0 Å². The fourth-order valence-corrected chi connectivity index (χ4v) is 3.79. The van der Waals surface area contributed by atoms with Gasteiger partial charge in [-0.2, -0.15) is 0 Å². The molecule has 3 aromatic rings. The van der Waals surface area contributed by atoms with Gasteiger partial charge in [-0.3, -0.25) is 14.9 Å². The van der Waals surface area contributed by atoms with Crippen molar-refractivity contribution in [1.82, 2.24) is 0 Å². The molecule has 1 aliphatic heterocycles. The zero-order valence-electron chi connectivity index (χ0n) is 16.0. The molecule has 0 bridgehead atoms. The van der Waals surface area contributed by atoms with Crippen LogP contribution >= 0.6 is 0 Å². The summed E-state index contributed by atoms with van der Waals surface area (Å²) in [4.78, 5) is 26.2. The molecule has 0 spiro atoms. The van der Waals surface area contributed by atoms with Crippen LogP contribution in [0.25, 0.3) is 11.6 Å². The molecule has 5 heteroatoms. The predicted molar refractivity (Wildman–Crippen MR) is 115 cm³/mol. The van der Waals surface area contributed by atoms with Crippen molar-refractivity contribution in [3.63, 3.8) is 0 Å². The second-order valence-corrected chi connectivity index (χ2v) is 7.13. The lowest BCUT2D eigenvalue weighted by Gasteiger charge is -2.24. The normalized spacial score (nSPS) is 15.8. The lowest BCUT2D eigenvalue weighted by atomic mass is 10.0. The highest BCUT2D eigenvalue weighted by Crippen LogP contribution is 2.35. The second kappa shape index (κ2) is 7.72. The number of hydrogen-bond donors (Lipinski definition) is 0. The Kier molecular flexibility index (Phi) is 4.96. The number of nitrogens with zero attached hydrogens (tertiary/aromatic N) is 2. The largest absolute Gasteiger partial charge is 0.305 e. The summed E-state index contributed by atoms with van der Waals surface area (Å²) in [5.41, 5.74) is 3.97. The molecule has 1 heterocycles. The van der Waals surface area contributed by atoms with E-state index in [1.807, 2.05) is 66.4 Å². The predicted octanol–water partition coefficient (Wildman–Crippen LogP) is 5.11. The van der Waals surface area contributed by atoms with Gasteiger partial charge in [0.1, 0.15) is 0 Å². The zero-order valence-corrected chi connectivity index (χ0v) is 16.0. The van der Waals surface area contributed by atoms with Crippen molar-refractivity contribution < 1.29 is 9.72 Å². The first kappa shape index (κ1) is 18.6. The topological polar surface area (TPSA) is 63.5 Å². The lowest BCUT2D eigenvalue weighted by molar-refractivity contribution is -0.384. The molecule has 0 aliphatic carbocycles. The van der Waals surface area contributed by atoms with Gasteiger partial charge < -0.3 is 4.90 Å². The smallest absolute Gasteiger partial charge is 0.270 e. The van der Waals surface area contributed by atoms with E-state index in [2.05, 4.69) is 0 Å². The fourth-order valence-electron chi connectivity index (χ4n) is 3.79. The molecule has 5 nitrogen and oxygen atoms in total. The summed E-state index contributed by atoms with van der Waals surface area (Å²) >= 11 is 0. The number of fused-ring (bicyclic) bond motifs is 1. The summed E-state index contributed by atoms with van der Waals surface area (Å²) in [5, 5.41) is 11.1. The lowest BCUT2D eigenvalue weighted by Crippen LogP contribution is -2.36. The van der Waals surface area contributed by atoms with E-state index in [4.69, 9.17) is 0 Å². The van der Waals surface area contributed by atoms with Gasteiger partial charge in [0.2, 0.25) is 0 Å². The Bertz CT molecular complexity index is 1110. The van der Waals surface area contributed by atoms with E-state index in [0.29, 0.717) is 11.1 Å². The van der Waals surface area contributed by atoms with Gasteiger partial charge in [-0.1, -0.05) is 60.7 Å². The number of anilines is 1. The average molecular weight is 384 g/mol. The Morgan fingerprint density at radius 1 is 1.03 bits per heavy atom. The van der Waals surface area contributed by atoms with Gasteiger partial charge in [0, 0.05) is 29.4 Å². The number of para-hydroxylation sites is 1. The maximum atomic E-state index is 13.7. The monoisotopic (exact) mass is 384 g/mol. The average Bonchev–Trinajstić information content (AvgIpc) is 3.08. The molecule has 0 unspecified atom stereocenters. The number of nitro groups is 1. The van der Waals surface area contributed by atoms with Crippen LogP contribution < -0.4 is 4.90 Å². The molecule has 144 valence electrons. The third-order valence-electron chi connectivity index (χ3n) is 5.13. The minimum absolute atomic E-state index is 0.00139. The molecule has 0 saturated heterocycles. The number of carbonyl (C=O) groups is 1. The molecule has 4 rings (SSSR count). The first-order valence-corrected chi connectivity index (χ1v) is 9.47. The Balaban J connectivity index is 1.81. The third kappa shape index (κ3) is 3.67. The van der Waals surface area contributed by atoms with Crippen LogP contribution in [-0.2, 0) is 11.2 Å². The van der Waals surface area contributed by atoms with Crippen LogP contribution in [0.2, 0.25) is 0 Å².